The van der Waals surface area contributed by atoms with Crippen LogP contribution in [0.4, 0.5) is 0 Å². The van der Waals surface area contributed by atoms with E-state index in [1.165, 1.54) is 32.1 Å². The molecule has 0 spiro atoms. The van der Waals surface area contributed by atoms with Crippen LogP contribution in [-0.4, -0.2) is 9.49 Å². The minimum absolute atomic E-state index is 0.417. The number of hydrogen-bond acceptors (Lipinski definition) is 2. The molecule has 6 unspecified atom stereocenters. The lowest BCUT2D eigenvalue weighted by Crippen LogP contribution is -2.70. The highest BCUT2D eigenvalue weighted by molar-refractivity contribution is 7.82. The van der Waals surface area contributed by atoms with Crippen LogP contribution in [0.5, 0.6) is 0 Å². The summed E-state index contributed by atoms with van der Waals surface area (Å²) in [6.07, 6.45) is 8.69. The second-order valence-electron chi connectivity index (χ2n) is 7.62. The van der Waals surface area contributed by atoms with E-state index in [-0.39, 0.29) is 0 Å². The summed E-state index contributed by atoms with van der Waals surface area (Å²) in [6, 6.07) is 0. The van der Waals surface area contributed by atoms with Crippen LogP contribution in [0.2, 0.25) is 0 Å². The minimum atomic E-state index is 0.417. The van der Waals surface area contributed by atoms with Crippen LogP contribution in [0.3, 0.4) is 0 Å². The van der Waals surface area contributed by atoms with Crippen molar-refractivity contribution in [1.29, 1.82) is 0 Å². The van der Waals surface area contributed by atoms with Crippen molar-refractivity contribution in [1.82, 2.24) is 0 Å². The summed E-state index contributed by atoms with van der Waals surface area (Å²) < 4.78 is 0.848. The predicted molar refractivity (Wildman–Crippen MR) is 72.1 cm³/mol. The second kappa shape index (κ2) is 2.52. The maximum Gasteiger partial charge on any atom is 0.0167 e. The molecule has 88 valence electrons. The summed E-state index contributed by atoms with van der Waals surface area (Å²) in [5, 5.41) is 0. The number of thiol groups is 2. The van der Waals surface area contributed by atoms with Crippen LogP contribution in [0.1, 0.15) is 38.5 Å². The molecule has 0 heterocycles. The first-order valence-electron chi connectivity index (χ1n) is 7.03. The molecule has 7 aliphatic carbocycles. The Kier molecular flexibility index (Phi) is 1.51. The van der Waals surface area contributed by atoms with Gasteiger partial charge in [0.2, 0.25) is 0 Å². The molecule has 0 aromatic rings. The van der Waals surface area contributed by atoms with Crippen molar-refractivity contribution in [2.45, 2.75) is 48.0 Å². The molecule has 2 heteroatoms. The van der Waals surface area contributed by atoms with Crippen molar-refractivity contribution in [2.75, 3.05) is 0 Å². The fourth-order valence-electron chi connectivity index (χ4n) is 6.87. The zero-order chi connectivity index (χ0) is 10.7. The zero-order valence-electron chi connectivity index (χ0n) is 9.60. The fourth-order valence-corrected chi connectivity index (χ4v) is 8.22. The molecule has 7 rings (SSSR count). The van der Waals surface area contributed by atoms with E-state index in [1.54, 1.807) is 6.42 Å². The van der Waals surface area contributed by atoms with Gasteiger partial charge in [0.1, 0.15) is 0 Å². The third kappa shape index (κ3) is 0.889. The van der Waals surface area contributed by atoms with Gasteiger partial charge in [0.25, 0.3) is 0 Å². The van der Waals surface area contributed by atoms with E-state index in [1.807, 2.05) is 0 Å². The number of hydrogen-bond donors (Lipinski definition) is 2. The third-order valence-electron chi connectivity index (χ3n) is 7.02. The lowest BCUT2D eigenvalue weighted by atomic mass is 9.35. The second-order valence-corrected chi connectivity index (χ2v) is 9.46. The van der Waals surface area contributed by atoms with Gasteiger partial charge in [0.15, 0.2) is 0 Å². The van der Waals surface area contributed by atoms with Crippen LogP contribution in [0.15, 0.2) is 0 Å². The predicted octanol–water partition coefficient (Wildman–Crippen LogP) is 3.43. The van der Waals surface area contributed by atoms with Gasteiger partial charge in [-0.15, -0.1) is 0 Å². The summed E-state index contributed by atoms with van der Waals surface area (Å²) in [7, 11) is 0. The normalized spacial score (nSPS) is 73.9. The Labute approximate surface area is 109 Å². The maximum atomic E-state index is 5.16. The van der Waals surface area contributed by atoms with Crippen molar-refractivity contribution in [2.24, 2.45) is 35.5 Å². The van der Waals surface area contributed by atoms with E-state index < -0.39 is 0 Å². The molecule has 7 saturated carbocycles. The molecule has 0 amide bonds. The first-order valence-corrected chi connectivity index (χ1v) is 7.92. The van der Waals surface area contributed by atoms with E-state index in [0.717, 1.165) is 35.5 Å². The quantitative estimate of drug-likeness (QED) is 0.606. The topological polar surface area (TPSA) is 0 Å². The van der Waals surface area contributed by atoms with Crippen LogP contribution >= 0.6 is 25.3 Å². The van der Waals surface area contributed by atoms with Gasteiger partial charge in [-0.05, 0) is 74.0 Å². The molecule has 7 fully saturated rings. The molecular formula is C14H20S2. The highest BCUT2D eigenvalue weighted by Crippen LogP contribution is 2.75. The van der Waals surface area contributed by atoms with Gasteiger partial charge in [-0.25, -0.2) is 0 Å². The van der Waals surface area contributed by atoms with Gasteiger partial charge in [-0.3, -0.25) is 0 Å². The van der Waals surface area contributed by atoms with E-state index in [2.05, 4.69) is 0 Å². The van der Waals surface area contributed by atoms with Crippen molar-refractivity contribution in [3.05, 3.63) is 0 Å². The maximum absolute atomic E-state index is 5.16. The molecule has 0 radical (unpaired) electrons. The van der Waals surface area contributed by atoms with Crippen LogP contribution in [0.25, 0.3) is 0 Å². The summed E-state index contributed by atoms with van der Waals surface area (Å²) in [5.74, 6) is 6.15. The van der Waals surface area contributed by atoms with E-state index in [4.69, 9.17) is 25.3 Å². The Hall–Kier alpha value is 0.700. The van der Waals surface area contributed by atoms with Crippen molar-refractivity contribution < 1.29 is 0 Å². The summed E-state index contributed by atoms with van der Waals surface area (Å²) in [5.41, 5.74) is 0. The molecule has 8 atom stereocenters. The monoisotopic (exact) mass is 252 g/mol. The molecule has 8 bridgehead atoms. The highest BCUT2D eigenvalue weighted by atomic mass is 32.1. The van der Waals surface area contributed by atoms with Crippen LogP contribution in [-0.2, 0) is 0 Å². The van der Waals surface area contributed by atoms with Gasteiger partial charge < -0.3 is 0 Å². The third-order valence-corrected chi connectivity index (χ3v) is 8.27. The smallest absolute Gasteiger partial charge is 0.0167 e. The average molecular weight is 252 g/mol. The molecule has 0 aromatic heterocycles. The first kappa shape index (κ1) is 9.61. The van der Waals surface area contributed by atoms with E-state index >= 15 is 0 Å². The van der Waals surface area contributed by atoms with Crippen molar-refractivity contribution in [3.63, 3.8) is 0 Å². The zero-order valence-corrected chi connectivity index (χ0v) is 11.4. The summed E-state index contributed by atoms with van der Waals surface area (Å²) in [6.45, 7) is 0. The lowest BCUT2D eigenvalue weighted by Gasteiger charge is -2.74. The lowest BCUT2D eigenvalue weighted by molar-refractivity contribution is -0.181. The molecule has 7 aliphatic rings. The Morgan fingerprint density at radius 3 is 2.06 bits per heavy atom. The van der Waals surface area contributed by atoms with E-state index in [0.29, 0.717) is 9.49 Å². The molecular weight excluding hydrogens is 232 g/mol. The van der Waals surface area contributed by atoms with Gasteiger partial charge >= 0.3 is 0 Å². The average Bonchev–Trinajstić information content (AvgIpc) is 2.23. The van der Waals surface area contributed by atoms with Gasteiger partial charge in [-0.1, -0.05) is 0 Å². The Balaban J connectivity index is 1.73. The Bertz CT molecular complexity index is 355. The van der Waals surface area contributed by atoms with Crippen molar-refractivity contribution in [3.8, 4) is 0 Å². The molecule has 0 aromatic carbocycles. The largest absolute Gasteiger partial charge is 0.172 e. The molecule has 0 aliphatic heterocycles. The molecule has 16 heavy (non-hydrogen) atoms. The van der Waals surface area contributed by atoms with Gasteiger partial charge in [0.05, 0.1) is 0 Å². The Morgan fingerprint density at radius 1 is 0.812 bits per heavy atom. The molecule has 0 N–H and O–H groups in total. The SMILES string of the molecule is SC12CC3C4C(C1)[C@H]1C[C@@H]3CC(S)(C1)C4C2. The summed E-state index contributed by atoms with van der Waals surface area (Å²) in [4.78, 5) is 0. The number of rotatable bonds is 0. The van der Waals surface area contributed by atoms with Gasteiger partial charge in [0, 0.05) is 9.49 Å². The summed E-state index contributed by atoms with van der Waals surface area (Å²) >= 11 is 10.3. The highest BCUT2D eigenvalue weighted by Gasteiger charge is 2.70. The Morgan fingerprint density at radius 2 is 1.44 bits per heavy atom. The van der Waals surface area contributed by atoms with Crippen LogP contribution < -0.4 is 0 Å². The van der Waals surface area contributed by atoms with Crippen molar-refractivity contribution >= 4 is 25.3 Å². The standard InChI is InChI=1S/C14H20S2/c15-13-4-9-7-1-8-3-14(16,2-7)11(6-13)12(9)10(8)5-13/h7-12,15-16H,1-6H2/t7-,8+,9?,10?,11?,12?,13?,14?. The molecule has 0 nitrogen and oxygen atoms in total. The minimum Gasteiger partial charge on any atom is -0.172 e. The van der Waals surface area contributed by atoms with Crippen LogP contribution in [0, 0.1) is 35.5 Å². The fraction of sp³-hybridized carbons (Fsp3) is 1.00. The van der Waals surface area contributed by atoms with E-state index in [9.17, 15) is 0 Å². The first-order chi connectivity index (χ1) is 7.58. The molecule has 0 saturated heterocycles. The van der Waals surface area contributed by atoms with Gasteiger partial charge in [-0.2, -0.15) is 25.3 Å².